The Morgan fingerprint density at radius 1 is 1.14 bits per heavy atom. The molecular weight excluding hydrogens is 364 g/mol. The zero-order valence-electron chi connectivity index (χ0n) is 14.8. The number of nitro benzene ring substituents is 1. The molecule has 0 aliphatic rings. The molecule has 0 aliphatic heterocycles. The van der Waals surface area contributed by atoms with Crippen LogP contribution in [0.3, 0.4) is 0 Å². The second kappa shape index (κ2) is 8.08. The average Bonchev–Trinajstić information content (AvgIpc) is 2.66. The molecule has 0 aliphatic carbocycles. The highest BCUT2D eigenvalue weighted by Crippen LogP contribution is 2.22. The first kappa shape index (κ1) is 18.7. The number of anilines is 3. The van der Waals surface area contributed by atoms with Crippen LogP contribution in [0.4, 0.5) is 23.3 Å². The van der Waals surface area contributed by atoms with Crippen molar-refractivity contribution < 1.29 is 14.5 Å². The third kappa shape index (κ3) is 4.36. The predicted molar refractivity (Wildman–Crippen MR) is 101 cm³/mol. The van der Waals surface area contributed by atoms with E-state index in [1.807, 2.05) is 30.3 Å². The number of ether oxygens (including phenoxy) is 1. The number of rotatable bonds is 6. The molecule has 3 rings (SSSR count). The third-order valence-corrected chi connectivity index (χ3v) is 3.78. The topological polar surface area (TPSA) is 146 Å². The van der Waals surface area contributed by atoms with Crippen molar-refractivity contribution in [3.05, 3.63) is 75.6 Å². The lowest BCUT2D eigenvalue weighted by Gasteiger charge is -2.09. The minimum atomic E-state index is -0.724. The standard InChI is InChI=1S/C18H16N6O4/c1-11-13(8-5-9-14(11)24(26)27)16(25)28-10-15-21-17(19)23-18(22-15)20-12-6-3-2-4-7-12/h2-9H,10H2,1H3,(H3,19,20,21,22,23). The normalized spacial score (nSPS) is 10.3. The van der Waals surface area contributed by atoms with E-state index in [0.29, 0.717) is 0 Å². The molecule has 0 saturated carbocycles. The van der Waals surface area contributed by atoms with Crippen molar-refractivity contribution in [3.63, 3.8) is 0 Å². The van der Waals surface area contributed by atoms with Crippen molar-refractivity contribution in [1.29, 1.82) is 0 Å². The van der Waals surface area contributed by atoms with Crippen LogP contribution in [0.1, 0.15) is 21.7 Å². The summed E-state index contributed by atoms with van der Waals surface area (Å²) in [4.78, 5) is 34.9. The van der Waals surface area contributed by atoms with Gasteiger partial charge in [0.1, 0.15) is 0 Å². The Morgan fingerprint density at radius 2 is 1.89 bits per heavy atom. The molecule has 0 spiro atoms. The third-order valence-electron chi connectivity index (χ3n) is 3.78. The number of nitro groups is 1. The highest BCUT2D eigenvalue weighted by Gasteiger charge is 2.19. The van der Waals surface area contributed by atoms with Gasteiger partial charge in [-0.15, -0.1) is 0 Å². The summed E-state index contributed by atoms with van der Waals surface area (Å²) in [5.41, 5.74) is 6.60. The molecule has 28 heavy (non-hydrogen) atoms. The van der Waals surface area contributed by atoms with Crippen LogP contribution < -0.4 is 11.1 Å². The van der Waals surface area contributed by atoms with Crippen LogP contribution in [0.25, 0.3) is 0 Å². The number of nitrogen functional groups attached to an aromatic ring is 1. The Bertz CT molecular complexity index is 1030. The van der Waals surface area contributed by atoms with Gasteiger partial charge in [0.05, 0.1) is 10.5 Å². The molecular formula is C18H16N6O4. The van der Waals surface area contributed by atoms with Crippen LogP contribution in [0.15, 0.2) is 48.5 Å². The summed E-state index contributed by atoms with van der Waals surface area (Å²) < 4.78 is 5.19. The van der Waals surface area contributed by atoms with Gasteiger partial charge in [0.15, 0.2) is 12.4 Å². The summed E-state index contributed by atoms with van der Waals surface area (Å²) in [7, 11) is 0. The van der Waals surface area contributed by atoms with Crippen molar-refractivity contribution in [2.75, 3.05) is 11.1 Å². The lowest BCUT2D eigenvalue weighted by atomic mass is 10.1. The van der Waals surface area contributed by atoms with Gasteiger partial charge in [-0.25, -0.2) is 4.79 Å². The van der Waals surface area contributed by atoms with Gasteiger partial charge in [-0.1, -0.05) is 24.3 Å². The van der Waals surface area contributed by atoms with Gasteiger partial charge >= 0.3 is 5.97 Å². The fraction of sp³-hybridized carbons (Fsp3) is 0.111. The smallest absolute Gasteiger partial charge is 0.339 e. The Hall–Kier alpha value is -4.08. The maximum absolute atomic E-state index is 12.3. The molecule has 0 saturated heterocycles. The maximum atomic E-state index is 12.3. The molecule has 1 heterocycles. The number of para-hydroxylation sites is 1. The molecule has 142 valence electrons. The zero-order chi connectivity index (χ0) is 20.1. The van der Waals surface area contributed by atoms with Gasteiger partial charge in [-0.2, -0.15) is 15.0 Å². The van der Waals surface area contributed by atoms with Crippen molar-refractivity contribution in [3.8, 4) is 0 Å². The van der Waals surface area contributed by atoms with Crippen molar-refractivity contribution in [2.45, 2.75) is 13.5 Å². The molecule has 0 amide bonds. The van der Waals surface area contributed by atoms with Gasteiger partial charge in [-0.05, 0) is 25.1 Å². The van der Waals surface area contributed by atoms with Gasteiger partial charge in [0.2, 0.25) is 11.9 Å². The van der Waals surface area contributed by atoms with E-state index in [0.717, 1.165) is 5.69 Å². The highest BCUT2D eigenvalue weighted by atomic mass is 16.6. The van der Waals surface area contributed by atoms with Crippen LogP contribution in [0, 0.1) is 17.0 Å². The van der Waals surface area contributed by atoms with E-state index >= 15 is 0 Å². The summed E-state index contributed by atoms with van der Waals surface area (Å²) in [6.07, 6.45) is 0. The average molecular weight is 380 g/mol. The number of nitrogens with one attached hydrogen (secondary N) is 1. The fourth-order valence-electron chi connectivity index (χ4n) is 2.46. The minimum Gasteiger partial charge on any atom is -0.454 e. The van der Waals surface area contributed by atoms with E-state index in [4.69, 9.17) is 10.5 Å². The van der Waals surface area contributed by atoms with Crippen molar-refractivity contribution >= 4 is 29.2 Å². The number of hydrogen-bond donors (Lipinski definition) is 2. The van der Waals surface area contributed by atoms with Crippen LogP contribution >= 0.6 is 0 Å². The largest absolute Gasteiger partial charge is 0.454 e. The molecule has 0 atom stereocenters. The molecule has 3 aromatic rings. The highest BCUT2D eigenvalue weighted by molar-refractivity contribution is 5.92. The van der Waals surface area contributed by atoms with Crippen molar-refractivity contribution in [1.82, 2.24) is 15.0 Å². The summed E-state index contributed by atoms with van der Waals surface area (Å²) >= 11 is 0. The molecule has 0 unspecified atom stereocenters. The summed E-state index contributed by atoms with van der Waals surface area (Å²) in [6, 6.07) is 13.4. The van der Waals surface area contributed by atoms with Crippen LogP contribution in [0.2, 0.25) is 0 Å². The number of nitrogens with two attached hydrogens (primary N) is 1. The summed E-state index contributed by atoms with van der Waals surface area (Å²) in [5, 5.41) is 14.0. The van der Waals surface area contributed by atoms with Gasteiger partial charge < -0.3 is 15.8 Å². The fourth-order valence-corrected chi connectivity index (χ4v) is 2.46. The molecule has 0 bridgehead atoms. The zero-order valence-corrected chi connectivity index (χ0v) is 14.8. The first-order chi connectivity index (χ1) is 13.4. The van der Waals surface area contributed by atoms with Crippen LogP contribution in [-0.2, 0) is 11.3 Å². The van der Waals surface area contributed by atoms with E-state index in [2.05, 4.69) is 20.3 Å². The number of carbonyl (C=O) groups excluding carboxylic acids is 1. The molecule has 2 aromatic carbocycles. The number of benzene rings is 2. The number of aromatic nitrogens is 3. The van der Waals surface area contributed by atoms with E-state index in [9.17, 15) is 14.9 Å². The Morgan fingerprint density at radius 3 is 2.61 bits per heavy atom. The predicted octanol–water partition coefficient (Wildman–Crippen LogP) is 2.77. The van der Waals surface area contributed by atoms with E-state index < -0.39 is 10.9 Å². The second-order valence-electron chi connectivity index (χ2n) is 5.71. The summed E-state index contributed by atoms with van der Waals surface area (Å²) in [5.74, 6) is -0.414. The minimum absolute atomic E-state index is 0.0361. The number of carbonyl (C=O) groups is 1. The number of esters is 1. The molecule has 10 heteroatoms. The van der Waals surface area contributed by atoms with Gasteiger partial charge in [-0.3, -0.25) is 10.1 Å². The Labute approximate surface area is 159 Å². The molecule has 1 aromatic heterocycles. The summed E-state index contributed by atoms with van der Waals surface area (Å²) in [6.45, 7) is 1.22. The lowest BCUT2D eigenvalue weighted by Crippen LogP contribution is -2.12. The first-order valence-corrected chi connectivity index (χ1v) is 8.17. The molecule has 0 fully saturated rings. The van der Waals surface area contributed by atoms with Gasteiger partial charge in [0, 0.05) is 17.3 Å². The monoisotopic (exact) mass is 380 g/mol. The van der Waals surface area contributed by atoms with E-state index in [1.165, 1.54) is 25.1 Å². The number of nitrogens with zero attached hydrogens (tertiary/aromatic N) is 4. The molecule has 3 N–H and O–H groups in total. The molecule has 10 nitrogen and oxygen atoms in total. The van der Waals surface area contributed by atoms with Gasteiger partial charge in [0.25, 0.3) is 5.69 Å². The Balaban J connectivity index is 1.73. The SMILES string of the molecule is Cc1c(C(=O)OCc2nc(N)nc(Nc3ccccc3)n2)cccc1[N+](=O)[O-]. The quantitative estimate of drug-likeness (QED) is 0.374. The maximum Gasteiger partial charge on any atom is 0.339 e. The van der Waals surface area contributed by atoms with E-state index in [-0.39, 0.29) is 41.1 Å². The molecule has 0 radical (unpaired) electrons. The lowest BCUT2D eigenvalue weighted by molar-refractivity contribution is -0.385. The second-order valence-corrected chi connectivity index (χ2v) is 5.71. The van der Waals surface area contributed by atoms with E-state index in [1.54, 1.807) is 0 Å². The van der Waals surface area contributed by atoms with Crippen LogP contribution in [-0.4, -0.2) is 25.8 Å². The first-order valence-electron chi connectivity index (χ1n) is 8.17. The number of hydrogen-bond acceptors (Lipinski definition) is 9. The van der Waals surface area contributed by atoms with Crippen LogP contribution in [0.5, 0.6) is 0 Å². The Kier molecular flexibility index (Phi) is 5.40. The van der Waals surface area contributed by atoms with Crippen molar-refractivity contribution in [2.24, 2.45) is 0 Å².